The molecule has 1 saturated heterocycles. The molecule has 3 heterocycles. The third-order valence-electron chi connectivity index (χ3n) is 4.46. The molecule has 0 bridgehead atoms. The van der Waals surface area contributed by atoms with E-state index in [4.69, 9.17) is 0 Å². The Kier molecular flexibility index (Phi) is 4.78. The van der Waals surface area contributed by atoms with E-state index in [1.54, 1.807) is 16.9 Å². The van der Waals surface area contributed by atoms with E-state index in [1.165, 1.54) is 6.92 Å². The number of amides is 2. The fraction of sp³-hybridized carbons (Fsp3) is 0.529. The van der Waals surface area contributed by atoms with E-state index < -0.39 is 0 Å². The maximum Gasteiger partial charge on any atom is 0.259 e. The minimum atomic E-state index is -0.0362. The maximum absolute atomic E-state index is 13.0. The Morgan fingerprint density at radius 1 is 1.33 bits per heavy atom. The zero-order valence-corrected chi connectivity index (χ0v) is 14.2. The van der Waals surface area contributed by atoms with Crippen molar-refractivity contribution in [2.24, 2.45) is 0 Å². The Morgan fingerprint density at radius 3 is 2.96 bits per heavy atom. The highest BCUT2D eigenvalue weighted by molar-refractivity contribution is 5.99. The van der Waals surface area contributed by atoms with E-state index in [0.29, 0.717) is 17.8 Å². The largest absolute Gasteiger partial charge is 0.356 e. The van der Waals surface area contributed by atoms with Crippen molar-refractivity contribution < 1.29 is 9.59 Å². The van der Waals surface area contributed by atoms with Crippen molar-refractivity contribution in [3.63, 3.8) is 0 Å². The van der Waals surface area contributed by atoms with Crippen LogP contribution >= 0.6 is 0 Å². The summed E-state index contributed by atoms with van der Waals surface area (Å²) in [5.74, 6) is -0.0558. The van der Waals surface area contributed by atoms with E-state index in [2.05, 4.69) is 15.4 Å². The number of fused-ring (bicyclic) bond motifs is 1. The van der Waals surface area contributed by atoms with Crippen LogP contribution in [0, 0.1) is 6.92 Å². The second-order valence-corrected chi connectivity index (χ2v) is 6.38. The quantitative estimate of drug-likeness (QED) is 0.923. The van der Waals surface area contributed by atoms with Gasteiger partial charge in [-0.1, -0.05) is 0 Å². The fourth-order valence-corrected chi connectivity index (χ4v) is 3.26. The summed E-state index contributed by atoms with van der Waals surface area (Å²) in [5.41, 5.74) is 2.13. The first-order valence-corrected chi connectivity index (χ1v) is 8.41. The lowest BCUT2D eigenvalue weighted by Crippen LogP contribution is -2.45. The molecule has 0 saturated carbocycles. The Balaban J connectivity index is 1.78. The molecule has 1 atom stereocenters. The normalized spacial score (nSPS) is 17.9. The second kappa shape index (κ2) is 6.98. The molecule has 1 aliphatic rings. The summed E-state index contributed by atoms with van der Waals surface area (Å²) < 4.78 is 1.65. The van der Waals surface area contributed by atoms with Gasteiger partial charge in [0.2, 0.25) is 5.91 Å². The molecular weight excluding hydrogens is 306 g/mol. The molecule has 0 aromatic carbocycles. The van der Waals surface area contributed by atoms with Gasteiger partial charge in [0, 0.05) is 38.4 Å². The van der Waals surface area contributed by atoms with Gasteiger partial charge in [-0.3, -0.25) is 9.59 Å². The Labute approximate surface area is 141 Å². The van der Waals surface area contributed by atoms with Crippen molar-refractivity contribution in [3.8, 4) is 0 Å². The van der Waals surface area contributed by atoms with Crippen LogP contribution < -0.4 is 5.32 Å². The predicted octanol–water partition coefficient (Wildman–Crippen LogP) is 1.56. The molecule has 1 aliphatic heterocycles. The standard InChI is InChI=1S/C17H23N5O2/c1-12-9-19-16-15(10-20-22(16)11-12)17(24)21-8-4-3-5-14(21)6-7-18-13(2)23/h9-11,14H,3-8H2,1-2H3,(H,18,23)/t14-/m0/s1. The lowest BCUT2D eigenvalue weighted by atomic mass is 9.98. The van der Waals surface area contributed by atoms with Crippen LogP contribution in [0.15, 0.2) is 18.6 Å². The zero-order valence-electron chi connectivity index (χ0n) is 14.2. The van der Waals surface area contributed by atoms with Gasteiger partial charge in [-0.05, 0) is 38.2 Å². The third kappa shape index (κ3) is 3.39. The highest BCUT2D eigenvalue weighted by atomic mass is 16.2. The van der Waals surface area contributed by atoms with Crippen LogP contribution in [0.1, 0.15) is 48.5 Å². The fourth-order valence-electron chi connectivity index (χ4n) is 3.26. The second-order valence-electron chi connectivity index (χ2n) is 6.38. The molecule has 2 amide bonds. The van der Waals surface area contributed by atoms with E-state index in [-0.39, 0.29) is 17.9 Å². The number of aromatic nitrogens is 3. The zero-order chi connectivity index (χ0) is 17.1. The van der Waals surface area contributed by atoms with Crippen LogP contribution in [0.3, 0.4) is 0 Å². The predicted molar refractivity (Wildman–Crippen MR) is 89.7 cm³/mol. The van der Waals surface area contributed by atoms with Crippen LogP contribution in [0.25, 0.3) is 5.65 Å². The molecule has 7 heteroatoms. The van der Waals surface area contributed by atoms with Gasteiger partial charge < -0.3 is 10.2 Å². The molecule has 0 spiro atoms. The summed E-state index contributed by atoms with van der Waals surface area (Å²) in [6.07, 6.45) is 9.08. The van der Waals surface area contributed by atoms with Gasteiger partial charge >= 0.3 is 0 Å². The van der Waals surface area contributed by atoms with Crippen LogP contribution in [-0.4, -0.2) is 50.4 Å². The van der Waals surface area contributed by atoms with Crippen LogP contribution in [0.5, 0.6) is 0 Å². The van der Waals surface area contributed by atoms with Crippen molar-refractivity contribution >= 4 is 17.5 Å². The van der Waals surface area contributed by atoms with Gasteiger partial charge in [0.15, 0.2) is 5.65 Å². The molecule has 24 heavy (non-hydrogen) atoms. The number of nitrogens with one attached hydrogen (secondary N) is 1. The molecule has 1 N–H and O–H groups in total. The topological polar surface area (TPSA) is 79.6 Å². The highest BCUT2D eigenvalue weighted by Crippen LogP contribution is 2.23. The molecule has 0 aliphatic carbocycles. The molecule has 0 radical (unpaired) electrons. The number of piperidine rings is 1. The molecule has 7 nitrogen and oxygen atoms in total. The summed E-state index contributed by atoms with van der Waals surface area (Å²) >= 11 is 0. The van der Waals surface area contributed by atoms with Gasteiger partial charge in [-0.15, -0.1) is 0 Å². The summed E-state index contributed by atoms with van der Waals surface area (Å²) in [6, 6.07) is 0.151. The number of nitrogens with zero attached hydrogens (tertiary/aromatic N) is 4. The molecule has 128 valence electrons. The molecule has 3 rings (SSSR count). The lowest BCUT2D eigenvalue weighted by Gasteiger charge is -2.35. The summed E-state index contributed by atoms with van der Waals surface area (Å²) in [7, 11) is 0. The van der Waals surface area contributed by atoms with E-state index in [0.717, 1.165) is 37.8 Å². The summed E-state index contributed by atoms with van der Waals surface area (Å²) in [5, 5.41) is 7.07. The highest BCUT2D eigenvalue weighted by Gasteiger charge is 2.29. The average Bonchev–Trinajstić information content (AvgIpc) is 2.97. The monoisotopic (exact) mass is 329 g/mol. The average molecular weight is 329 g/mol. The SMILES string of the molecule is CC(=O)NCC[C@@H]1CCCCN1C(=O)c1cnn2cc(C)cnc12. The molecule has 2 aromatic heterocycles. The Bertz CT molecular complexity index is 755. The van der Waals surface area contributed by atoms with Crippen molar-refractivity contribution in [2.45, 2.75) is 45.6 Å². The first-order chi connectivity index (χ1) is 11.6. The van der Waals surface area contributed by atoms with E-state index >= 15 is 0 Å². The maximum atomic E-state index is 13.0. The van der Waals surface area contributed by atoms with E-state index in [9.17, 15) is 9.59 Å². The van der Waals surface area contributed by atoms with Gasteiger partial charge in [-0.25, -0.2) is 9.50 Å². The number of hydrogen-bond donors (Lipinski definition) is 1. The van der Waals surface area contributed by atoms with Crippen LogP contribution in [0.2, 0.25) is 0 Å². The van der Waals surface area contributed by atoms with Crippen molar-refractivity contribution in [2.75, 3.05) is 13.1 Å². The van der Waals surface area contributed by atoms with Gasteiger partial charge in [0.05, 0.1) is 6.20 Å². The number of hydrogen-bond acceptors (Lipinski definition) is 4. The van der Waals surface area contributed by atoms with Crippen molar-refractivity contribution in [3.05, 3.63) is 29.7 Å². The van der Waals surface area contributed by atoms with Crippen molar-refractivity contribution in [1.29, 1.82) is 0 Å². The minimum absolute atomic E-state index is 0.0196. The summed E-state index contributed by atoms with van der Waals surface area (Å²) in [4.78, 5) is 30.3. The lowest BCUT2D eigenvalue weighted by molar-refractivity contribution is -0.119. The van der Waals surface area contributed by atoms with Crippen molar-refractivity contribution in [1.82, 2.24) is 24.8 Å². The first-order valence-electron chi connectivity index (χ1n) is 8.41. The minimum Gasteiger partial charge on any atom is -0.356 e. The number of carbonyl (C=O) groups is 2. The van der Waals surface area contributed by atoms with Crippen LogP contribution in [-0.2, 0) is 4.79 Å². The van der Waals surface area contributed by atoms with Gasteiger partial charge in [0.25, 0.3) is 5.91 Å². The Hall–Kier alpha value is -2.44. The van der Waals surface area contributed by atoms with Gasteiger partial charge in [-0.2, -0.15) is 5.10 Å². The third-order valence-corrected chi connectivity index (χ3v) is 4.46. The number of aryl methyl sites for hydroxylation is 1. The molecular formula is C17H23N5O2. The molecule has 2 aromatic rings. The number of carbonyl (C=O) groups excluding carboxylic acids is 2. The summed E-state index contributed by atoms with van der Waals surface area (Å²) in [6.45, 7) is 4.79. The van der Waals surface area contributed by atoms with E-state index in [1.807, 2.05) is 18.0 Å². The molecule has 0 unspecified atom stereocenters. The smallest absolute Gasteiger partial charge is 0.259 e. The first kappa shape index (κ1) is 16.4. The number of rotatable bonds is 4. The molecule has 1 fully saturated rings. The number of likely N-dealkylation sites (tertiary alicyclic amines) is 1. The van der Waals surface area contributed by atoms with Gasteiger partial charge in [0.1, 0.15) is 5.56 Å². The Morgan fingerprint density at radius 2 is 2.17 bits per heavy atom. The van der Waals surface area contributed by atoms with Crippen LogP contribution in [0.4, 0.5) is 0 Å².